The maximum absolute atomic E-state index is 10.3. The highest BCUT2D eigenvalue weighted by atomic mass is 16.3. The lowest BCUT2D eigenvalue weighted by molar-refractivity contribution is 0.453. The van der Waals surface area contributed by atoms with Gasteiger partial charge < -0.3 is 10.4 Å². The Kier molecular flexibility index (Phi) is 3.96. The molecule has 116 valence electrons. The van der Waals surface area contributed by atoms with Gasteiger partial charge in [0, 0.05) is 18.2 Å². The van der Waals surface area contributed by atoms with E-state index in [1.807, 2.05) is 12.1 Å². The van der Waals surface area contributed by atoms with E-state index in [1.165, 1.54) is 16.7 Å². The van der Waals surface area contributed by atoms with Crippen LogP contribution < -0.4 is 5.32 Å². The van der Waals surface area contributed by atoms with E-state index in [0.717, 1.165) is 18.4 Å². The van der Waals surface area contributed by atoms with Crippen LogP contribution in [0.25, 0.3) is 0 Å². The lowest BCUT2D eigenvalue weighted by Crippen LogP contribution is -2.19. The van der Waals surface area contributed by atoms with Gasteiger partial charge in [-0.25, -0.2) is 0 Å². The minimum atomic E-state index is 0.0633. The summed E-state index contributed by atoms with van der Waals surface area (Å²) in [6.45, 7) is 7.19. The van der Waals surface area contributed by atoms with Crippen LogP contribution in [0.2, 0.25) is 0 Å². The molecular formula is C20H25NO. The van der Waals surface area contributed by atoms with Gasteiger partial charge in [-0.05, 0) is 41.0 Å². The Hall–Kier alpha value is -1.80. The molecule has 1 atom stereocenters. The van der Waals surface area contributed by atoms with Gasteiger partial charge in [0.25, 0.3) is 0 Å². The van der Waals surface area contributed by atoms with Crippen molar-refractivity contribution in [2.24, 2.45) is 0 Å². The van der Waals surface area contributed by atoms with Crippen LogP contribution in [-0.2, 0) is 18.4 Å². The predicted octanol–water partition coefficient (Wildman–Crippen LogP) is 4.47. The number of aromatic hydroxyl groups is 1. The van der Waals surface area contributed by atoms with E-state index in [-0.39, 0.29) is 5.41 Å². The van der Waals surface area contributed by atoms with Gasteiger partial charge in [0.1, 0.15) is 5.75 Å². The SMILES string of the molecule is CC(C)(C)c1ccc(CNC2CCc3ccccc32)c(O)c1. The highest BCUT2D eigenvalue weighted by Crippen LogP contribution is 2.32. The fraction of sp³-hybridized carbons (Fsp3) is 0.400. The fourth-order valence-electron chi connectivity index (χ4n) is 3.18. The van der Waals surface area contributed by atoms with Crippen molar-refractivity contribution < 1.29 is 5.11 Å². The topological polar surface area (TPSA) is 32.3 Å². The first-order chi connectivity index (χ1) is 10.4. The minimum absolute atomic E-state index is 0.0633. The zero-order chi connectivity index (χ0) is 15.7. The van der Waals surface area contributed by atoms with Gasteiger partial charge in [-0.2, -0.15) is 0 Å². The van der Waals surface area contributed by atoms with Crippen LogP contribution in [0, 0.1) is 0 Å². The van der Waals surface area contributed by atoms with Crippen molar-refractivity contribution in [3.8, 4) is 5.75 Å². The summed E-state index contributed by atoms with van der Waals surface area (Å²) in [5.41, 5.74) is 5.06. The molecule has 0 fully saturated rings. The highest BCUT2D eigenvalue weighted by Gasteiger charge is 2.21. The molecule has 2 nitrogen and oxygen atoms in total. The molecule has 1 unspecified atom stereocenters. The molecular weight excluding hydrogens is 270 g/mol. The summed E-state index contributed by atoms with van der Waals surface area (Å²) >= 11 is 0. The van der Waals surface area contributed by atoms with Gasteiger partial charge in [-0.3, -0.25) is 0 Å². The van der Waals surface area contributed by atoms with Gasteiger partial charge in [0.15, 0.2) is 0 Å². The summed E-state index contributed by atoms with van der Waals surface area (Å²) in [5.74, 6) is 0.395. The Morgan fingerprint density at radius 3 is 2.64 bits per heavy atom. The third-order valence-corrected chi connectivity index (χ3v) is 4.62. The van der Waals surface area contributed by atoms with E-state index in [1.54, 1.807) is 0 Å². The molecule has 2 heteroatoms. The molecule has 2 N–H and O–H groups in total. The van der Waals surface area contributed by atoms with Crippen molar-refractivity contribution >= 4 is 0 Å². The van der Waals surface area contributed by atoms with Crippen molar-refractivity contribution in [2.45, 2.75) is 51.6 Å². The molecule has 0 saturated carbocycles. The molecule has 0 amide bonds. The summed E-state index contributed by atoms with van der Waals surface area (Å²) in [6, 6.07) is 15.1. The smallest absolute Gasteiger partial charge is 0.120 e. The number of phenolic OH excluding ortho intramolecular Hbond substituents is 1. The second kappa shape index (κ2) is 5.77. The Bertz CT molecular complexity index is 670. The quantitative estimate of drug-likeness (QED) is 0.876. The number of benzene rings is 2. The van der Waals surface area contributed by atoms with Crippen molar-refractivity contribution in [3.63, 3.8) is 0 Å². The number of nitrogens with one attached hydrogen (secondary N) is 1. The average Bonchev–Trinajstić information content (AvgIpc) is 2.88. The maximum Gasteiger partial charge on any atom is 0.120 e. The Balaban J connectivity index is 1.70. The zero-order valence-corrected chi connectivity index (χ0v) is 13.7. The molecule has 0 aliphatic heterocycles. The van der Waals surface area contributed by atoms with E-state index >= 15 is 0 Å². The summed E-state index contributed by atoms with van der Waals surface area (Å²) in [5, 5.41) is 13.9. The number of rotatable bonds is 3. The van der Waals surface area contributed by atoms with E-state index in [2.05, 4.69) is 56.4 Å². The van der Waals surface area contributed by atoms with E-state index in [9.17, 15) is 5.11 Å². The first-order valence-corrected chi connectivity index (χ1v) is 8.09. The zero-order valence-electron chi connectivity index (χ0n) is 13.7. The molecule has 2 aromatic carbocycles. The molecule has 1 aliphatic carbocycles. The van der Waals surface area contributed by atoms with Crippen molar-refractivity contribution in [2.75, 3.05) is 0 Å². The van der Waals surface area contributed by atoms with Gasteiger partial charge in [0.05, 0.1) is 0 Å². The van der Waals surface area contributed by atoms with Crippen molar-refractivity contribution in [3.05, 3.63) is 64.7 Å². The molecule has 0 radical (unpaired) electrons. The number of hydrogen-bond acceptors (Lipinski definition) is 2. The summed E-state index contributed by atoms with van der Waals surface area (Å²) in [6.07, 6.45) is 2.28. The number of fused-ring (bicyclic) bond motifs is 1. The maximum atomic E-state index is 10.3. The van der Waals surface area contributed by atoms with Crippen LogP contribution in [0.1, 0.15) is 55.5 Å². The van der Waals surface area contributed by atoms with Crippen LogP contribution in [-0.4, -0.2) is 5.11 Å². The van der Waals surface area contributed by atoms with Gasteiger partial charge in [0.2, 0.25) is 0 Å². The third kappa shape index (κ3) is 3.02. The molecule has 22 heavy (non-hydrogen) atoms. The van der Waals surface area contributed by atoms with Crippen LogP contribution in [0.4, 0.5) is 0 Å². The molecule has 2 aromatic rings. The van der Waals surface area contributed by atoms with E-state index in [0.29, 0.717) is 18.3 Å². The molecule has 0 heterocycles. The largest absolute Gasteiger partial charge is 0.508 e. The van der Waals surface area contributed by atoms with E-state index in [4.69, 9.17) is 0 Å². The second-order valence-corrected chi connectivity index (χ2v) is 7.26. The molecule has 0 bridgehead atoms. The monoisotopic (exact) mass is 295 g/mol. The first kappa shape index (κ1) is 15.1. The minimum Gasteiger partial charge on any atom is -0.508 e. The molecule has 1 aliphatic rings. The molecule has 3 rings (SSSR count). The van der Waals surface area contributed by atoms with Crippen LogP contribution in [0.3, 0.4) is 0 Å². The summed E-state index contributed by atoms with van der Waals surface area (Å²) < 4.78 is 0. The fourth-order valence-corrected chi connectivity index (χ4v) is 3.18. The predicted molar refractivity (Wildman–Crippen MR) is 91.2 cm³/mol. The van der Waals surface area contributed by atoms with Crippen LogP contribution >= 0.6 is 0 Å². The average molecular weight is 295 g/mol. The molecule has 0 saturated heterocycles. The lowest BCUT2D eigenvalue weighted by atomic mass is 9.86. The number of hydrogen-bond donors (Lipinski definition) is 2. The first-order valence-electron chi connectivity index (χ1n) is 8.09. The summed E-state index contributed by atoms with van der Waals surface area (Å²) in [7, 11) is 0. The van der Waals surface area contributed by atoms with Crippen LogP contribution in [0.5, 0.6) is 5.75 Å². The number of aryl methyl sites for hydroxylation is 1. The Morgan fingerprint density at radius 2 is 1.91 bits per heavy atom. The van der Waals surface area contributed by atoms with Crippen LogP contribution in [0.15, 0.2) is 42.5 Å². The van der Waals surface area contributed by atoms with Gasteiger partial charge >= 0.3 is 0 Å². The Labute approximate surface area is 133 Å². The molecule has 0 aromatic heterocycles. The third-order valence-electron chi connectivity index (χ3n) is 4.62. The second-order valence-electron chi connectivity index (χ2n) is 7.26. The highest BCUT2D eigenvalue weighted by molar-refractivity contribution is 5.39. The Morgan fingerprint density at radius 1 is 1.14 bits per heavy atom. The van der Waals surface area contributed by atoms with Crippen molar-refractivity contribution in [1.29, 1.82) is 0 Å². The summed E-state index contributed by atoms with van der Waals surface area (Å²) in [4.78, 5) is 0. The standard InChI is InChI=1S/C20H25NO/c1-20(2,3)16-10-8-15(19(22)12-16)13-21-18-11-9-14-6-4-5-7-17(14)18/h4-8,10,12,18,21-22H,9,11,13H2,1-3H3. The number of phenols is 1. The van der Waals surface area contributed by atoms with E-state index < -0.39 is 0 Å². The molecule has 0 spiro atoms. The lowest BCUT2D eigenvalue weighted by Gasteiger charge is -2.20. The van der Waals surface area contributed by atoms with Gasteiger partial charge in [-0.1, -0.05) is 57.2 Å². The van der Waals surface area contributed by atoms with Crippen molar-refractivity contribution in [1.82, 2.24) is 5.32 Å². The van der Waals surface area contributed by atoms with Gasteiger partial charge in [-0.15, -0.1) is 0 Å². The normalized spacial score (nSPS) is 17.5.